The number of imidazole rings is 2. The molecule has 13 nitrogen and oxygen atoms in total. The summed E-state index contributed by atoms with van der Waals surface area (Å²) in [5, 5.41) is 25.8. The van der Waals surface area contributed by atoms with Crippen LogP contribution in [0.5, 0.6) is 0 Å². The lowest BCUT2D eigenvalue weighted by Gasteiger charge is -2.33. The van der Waals surface area contributed by atoms with Crippen LogP contribution in [-0.2, 0) is 44.8 Å². The fraction of sp³-hybridized carbons (Fsp3) is 0.447. The molecule has 280 valence electrons. The first kappa shape index (κ1) is 37.1. The average Bonchev–Trinajstić information content (AvgIpc) is 3.65. The van der Waals surface area contributed by atoms with Crippen molar-refractivity contribution in [2.24, 2.45) is 25.9 Å². The van der Waals surface area contributed by atoms with Crippen molar-refractivity contribution in [2.75, 3.05) is 30.3 Å². The number of amides is 2. The molecule has 0 spiro atoms. The fourth-order valence-electron chi connectivity index (χ4n) is 8.00. The minimum atomic E-state index is -0.690. The van der Waals surface area contributed by atoms with Gasteiger partial charge in [0, 0.05) is 82.2 Å². The van der Waals surface area contributed by atoms with Crippen LogP contribution in [0.15, 0.2) is 36.4 Å². The molecular formula is C38H44Cl2N8O5. The molecule has 3 aliphatic rings. The van der Waals surface area contributed by atoms with Gasteiger partial charge in [-0.2, -0.15) is 0 Å². The number of carbonyl (C=O) groups is 3. The van der Waals surface area contributed by atoms with Crippen LogP contribution in [0.25, 0.3) is 11.1 Å². The molecule has 0 radical (unpaired) electrons. The number of nitrogens with one attached hydrogen (secondary N) is 2. The highest BCUT2D eigenvalue weighted by Crippen LogP contribution is 2.40. The number of halogens is 2. The molecule has 53 heavy (non-hydrogen) atoms. The number of anilines is 2. The van der Waals surface area contributed by atoms with Crippen molar-refractivity contribution in [1.82, 2.24) is 28.9 Å². The first-order valence-electron chi connectivity index (χ1n) is 18.1. The minimum Gasteiger partial charge on any atom is -0.481 e. The molecule has 2 aromatic heterocycles. The van der Waals surface area contributed by atoms with Crippen LogP contribution in [0.1, 0.15) is 76.6 Å². The normalized spacial score (nSPS) is 19.7. The van der Waals surface area contributed by atoms with E-state index in [0.29, 0.717) is 54.5 Å². The van der Waals surface area contributed by atoms with Crippen LogP contribution >= 0.6 is 23.2 Å². The smallest absolute Gasteiger partial charge is 0.306 e. The number of carboxylic acids is 1. The molecule has 1 saturated carbocycles. The lowest BCUT2D eigenvalue weighted by atomic mass is 9.81. The summed E-state index contributed by atoms with van der Waals surface area (Å²) >= 11 is 13.8. The number of aliphatic carboxylic acids is 1. The van der Waals surface area contributed by atoms with Gasteiger partial charge in [0.25, 0.3) is 11.8 Å². The zero-order chi connectivity index (χ0) is 37.6. The maximum Gasteiger partial charge on any atom is 0.306 e. The van der Waals surface area contributed by atoms with Crippen LogP contribution in [0.2, 0.25) is 10.0 Å². The maximum absolute atomic E-state index is 13.7. The Labute approximate surface area is 317 Å². The van der Waals surface area contributed by atoms with E-state index >= 15 is 0 Å². The summed E-state index contributed by atoms with van der Waals surface area (Å²) in [6.45, 7) is 5.23. The number of benzene rings is 2. The van der Waals surface area contributed by atoms with Crippen LogP contribution in [-0.4, -0.2) is 82.8 Å². The van der Waals surface area contributed by atoms with Gasteiger partial charge in [0.05, 0.1) is 38.7 Å². The topological polar surface area (TPSA) is 158 Å². The van der Waals surface area contributed by atoms with Crippen molar-refractivity contribution in [1.29, 1.82) is 0 Å². The van der Waals surface area contributed by atoms with Crippen LogP contribution in [0.3, 0.4) is 0 Å². The van der Waals surface area contributed by atoms with E-state index < -0.39 is 18.1 Å². The molecule has 4 aromatic rings. The summed E-state index contributed by atoms with van der Waals surface area (Å²) in [6, 6.07) is 10.6. The van der Waals surface area contributed by atoms with Gasteiger partial charge in [-0.15, -0.1) is 0 Å². The van der Waals surface area contributed by atoms with E-state index in [1.165, 1.54) is 0 Å². The summed E-state index contributed by atoms with van der Waals surface area (Å²) in [5.74, 6) is -0.721. The summed E-state index contributed by atoms with van der Waals surface area (Å²) in [6.07, 6.45) is 4.11. The van der Waals surface area contributed by atoms with Gasteiger partial charge in [0.1, 0.15) is 6.23 Å². The number of hydrogen-bond acceptors (Lipinski definition) is 8. The van der Waals surface area contributed by atoms with Crippen LogP contribution in [0.4, 0.5) is 11.4 Å². The third-order valence-electron chi connectivity index (χ3n) is 11.1. The van der Waals surface area contributed by atoms with Gasteiger partial charge in [-0.1, -0.05) is 47.5 Å². The molecule has 15 heteroatoms. The molecule has 2 aliphatic heterocycles. The van der Waals surface area contributed by atoms with Crippen molar-refractivity contribution in [3.8, 4) is 11.1 Å². The summed E-state index contributed by atoms with van der Waals surface area (Å²) in [7, 11) is 3.66. The Morgan fingerprint density at radius 3 is 1.83 bits per heavy atom. The number of carbonyl (C=O) groups excluding carboxylic acids is 2. The molecule has 2 aromatic carbocycles. The zero-order valence-electron chi connectivity index (χ0n) is 30.0. The largest absolute Gasteiger partial charge is 0.481 e. The van der Waals surface area contributed by atoms with Crippen molar-refractivity contribution >= 4 is 52.4 Å². The van der Waals surface area contributed by atoms with Crippen molar-refractivity contribution in [3.63, 3.8) is 0 Å². The predicted octanol–water partition coefficient (Wildman–Crippen LogP) is 5.58. The summed E-state index contributed by atoms with van der Waals surface area (Å²) in [4.78, 5) is 52.1. The summed E-state index contributed by atoms with van der Waals surface area (Å²) < 4.78 is 3.64. The maximum atomic E-state index is 13.7. The summed E-state index contributed by atoms with van der Waals surface area (Å²) in [5.41, 5.74) is 5.54. The molecule has 7 rings (SSSR count). The van der Waals surface area contributed by atoms with E-state index in [1.54, 1.807) is 47.9 Å². The molecule has 1 fully saturated rings. The van der Waals surface area contributed by atoms with E-state index in [9.17, 15) is 24.6 Å². The Morgan fingerprint density at radius 1 is 0.811 bits per heavy atom. The van der Waals surface area contributed by atoms with E-state index in [4.69, 9.17) is 28.2 Å². The molecular weight excluding hydrogens is 719 g/mol. The van der Waals surface area contributed by atoms with E-state index in [1.807, 2.05) is 23.6 Å². The van der Waals surface area contributed by atoms with E-state index in [0.717, 1.165) is 68.0 Å². The number of aromatic nitrogens is 4. The van der Waals surface area contributed by atoms with Gasteiger partial charge in [0.2, 0.25) is 0 Å². The number of fused-ring (bicyclic) bond motifs is 2. The van der Waals surface area contributed by atoms with E-state index in [2.05, 4.69) is 20.5 Å². The van der Waals surface area contributed by atoms with Gasteiger partial charge in [-0.3, -0.25) is 24.2 Å². The molecule has 0 bridgehead atoms. The Morgan fingerprint density at radius 2 is 1.32 bits per heavy atom. The highest BCUT2D eigenvalue weighted by atomic mass is 35.5. The zero-order valence-corrected chi connectivity index (χ0v) is 31.5. The van der Waals surface area contributed by atoms with Crippen LogP contribution in [0, 0.1) is 11.8 Å². The van der Waals surface area contributed by atoms with Crippen molar-refractivity contribution < 1.29 is 24.6 Å². The standard InChI is InChI=1S/C38H44Cl2N8O5/c1-21(49)48-17-15-31-29(20-48)42-35(46(31)3)37(51)44-27-9-5-7-25(33(27)40)24-6-4-8-26(32(24)39)43-36(50)34-41-28-19-47(16-14-30(28)45(34)2)18-22-10-12-23(13-11-22)38(52)53/h4-9,21-23,49H,10-20H2,1-3H3,(H,43,50)(H,44,51)(H,52,53). The first-order valence-corrected chi connectivity index (χ1v) is 18.8. The second kappa shape index (κ2) is 15.2. The van der Waals surface area contributed by atoms with Crippen molar-refractivity contribution in [3.05, 3.63) is 80.9 Å². The first-order chi connectivity index (χ1) is 25.4. The van der Waals surface area contributed by atoms with Gasteiger partial charge >= 0.3 is 5.97 Å². The third kappa shape index (κ3) is 7.45. The molecule has 0 saturated heterocycles. The number of nitrogens with zero attached hydrogens (tertiary/aromatic N) is 6. The number of carboxylic acid groups (broad SMARTS) is 1. The number of hydrogen-bond donors (Lipinski definition) is 4. The predicted molar refractivity (Wildman–Crippen MR) is 202 cm³/mol. The molecule has 2 amide bonds. The number of aliphatic hydroxyl groups excluding tert-OH is 1. The number of aliphatic hydroxyl groups is 1. The van der Waals surface area contributed by atoms with Crippen LogP contribution < -0.4 is 10.6 Å². The molecule has 1 atom stereocenters. The molecule has 1 aliphatic carbocycles. The third-order valence-corrected chi connectivity index (χ3v) is 11.9. The molecule has 1 unspecified atom stereocenters. The highest BCUT2D eigenvalue weighted by molar-refractivity contribution is 6.40. The number of rotatable bonds is 9. The van der Waals surface area contributed by atoms with Gasteiger partial charge in [0.15, 0.2) is 11.6 Å². The SMILES string of the molecule is CC(O)N1CCc2c(nc(C(=O)Nc3cccc(-c4cccc(NC(=O)c5nc6c(n5C)CCN(CC5CCC(C(=O)O)CC5)C6)c4Cl)c3Cl)n2C)C1. The Hall–Kier alpha value is -4.27. The highest BCUT2D eigenvalue weighted by Gasteiger charge is 2.31. The Balaban J connectivity index is 1.04. The van der Waals surface area contributed by atoms with Gasteiger partial charge in [-0.05, 0) is 50.7 Å². The lowest BCUT2D eigenvalue weighted by Crippen LogP contribution is -2.37. The second-order valence-electron chi connectivity index (χ2n) is 14.4. The lowest BCUT2D eigenvalue weighted by molar-refractivity contribution is -0.143. The average molecular weight is 764 g/mol. The second-order valence-corrected chi connectivity index (χ2v) is 15.2. The fourth-order valence-corrected chi connectivity index (χ4v) is 8.55. The van der Waals surface area contributed by atoms with Gasteiger partial charge < -0.3 is 30.0 Å². The van der Waals surface area contributed by atoms with Gasteiger partial charge in [-0.25, -0.2) is 9.97 Å². The quantitative estimate of drug-likeness (QED) is 0.171. The Kier molecular flexibility index (Phi) is 10.6. The Bertz CT molecular complexity index is 2070. The molecule has 4 N–H and O–H groups in total. The molecule has 4 heterocycles. The van der Waals surface area contributed by atoms with Crippen molar-refractivity contribution in [2.45, 2.75) is 64.8 Å². The van der Waals surface area contributed by atoms with E-state index in [-0.39, 0.29) is 33.5 Å². The monoisotopic (exact) mass is 762 g/mol. The minimum absolute atomic E-state index is 0.228.